The Morgan fingerprint density at radius 1 is 1.27 bits per heavy atom. The molecule has 138 valence electrons. The van der Waals surface area contributed by atoms with Gasteiger partial charge in [0.15, 0.2) is 0 Å². The second-order valence-electron chi connectivity index (χ2n) is 6.61. The van der Waals surface area contributed by atoms with E-state index in [2.05, 4.69) is 5.10 Å². The molecule has 26 heavy (non-hydrogen) atoms. The van der Waals surface area contributed by atoms with Crippen LogP contribution < -0.4 is 0 Å². The number of thioether (sulfide) groups is 1. The molecule has 1 aromatic heterocycles. The predicted molar refractivity (Wildman–Crippen MR) is 102 cm³/mol. The molecular formula is C19H23N3O3S. The van der Waals surface area contributed by atoms with E-state index in [-0.39, 0.29) is 18.4 Å². The summed E-state index contributed by atoms with van der Waals surface area (Å²) in [6.07, 6.45) is -0.00521. The number of carbonyl (C=O) groups excluding carboxylic acids is 1. The van der Waals surface area contributed by atoms with Gasteiger partial charge in [-0.3, -0.25) is 14.3 Å². The highest BCUT2D eigenvalue weighted by Gasteiger charge is 2.29. The summed E-state index contributed by atoms with van der Waals surface area (Å²) in [5.74, 6) is 0.566. The van der Waals surface area contributed by atoms with E-state index >= 15 is 0 Å². The molecular weight excluding hydrogens is 350 g/mol. The first-order chi connectivity index (χ1) is 12.4. The lowest BCUT2D eigenvalue weighted by Crippen LogP contribution is -2.47. The normalized spacial score (nSPS) is 17.3. The molecule has 1 aliphatic rings. The van der Waals surface area contributed by atoms with Gasteiger partial charge in [-0.05, 0) is 37.6 Å². The highest BCUT2D eigenvalue weighted by Crippen LogP contribution is 2.21. The molecule has 3 rings (SSSR count). The second kappa shape index (κ2) is 7.95. The Balaban J connectivity index is 1.71. The number of hydrogen-bond donors (Lipinski definition) is 1. The minimum Gasteiger partial charge on any atom is -0.481 e. The molecule has 1 aromatic carbocycles. The van der Waals surface area contributed by atoms with E-state index < -0.39 is 5.97 Å². The summed E-state index contributed by atoms with van der Waals surface area (Å²) in [5.41, 5.74) is 3.76. The van der Waals surface area contributed by atoms with Crippen molar-refractivity contribution in [3.8, 4) is 0 Å². The lowest BCUT2D eigenvalue weighted by Gasteiger charge is -2.34. The molecule has 1 aliphatic heterocycles. The van der Waals surface area contributed by atoms with Gasteiger partial charge in [0.25, 0.3) is 5.91 Å². The molecule has 1 fully saturated rings. The van der Waals surface area contributed by atoms with Crippen molar-refractivity contribution < 1.29 is 14.7 Å². The van der Waals surface area contributed by atoms with Crippen LogP contribution in [0.2, 0.25) is 0 Å². The van der Waals surface area contributed by atoms with Crippen LogP contribution in [-0.4, -0.2) is 55.8 Å². The van der Waals surface area contributed by atoms with E-state index in [1.54, 1.807) is 16.7 Å². The van der Waals surface area contributed by atoms with Gasteiger partial charge in [-0.15, -0.1) is 0 Å². The maximum atomic E-state index is 12.8. The minimum atomic E-state index is -0.865. The van der Waals surface area contributed by atoms with Crippen LogP contribution in [0.25, 0.3) is 0 Å². The zero-order valence-corrected chi connectivity index (χ0v) is 15.8. The number of amides is 1. The average molecular weight is 373 g/mol. The first-order valence-corrected chi connectivity index (χ1v) is 9.80. The molecule has 2 aromatic rings. The topological polar surface area (TPSA) is 75.4 Å². The van der Waals surface area contributed by atoms with Crippen LogP contribution in [0.1, 0.15) is 33.7 Å². The Morgan fingerprint density at radius 3 is 2.62 bits per heavy atom. The quantitative estimate of drug-likeness (QED) is 0.872. The molecule has 6 nitrogen and oxygen atoms in total. The molecule has 0 saturated carbocycles. The number of aromatic nitrogens is 2. The van der Waals surface area contributed by atoms with Gasteiger partial charge in [-0.25, -0.2) is 0 Å². The summed E-state index contributed by atoms with van der Waals surface area (Å²) in [6.45, 7) is 5.25. The Kier molecular flexibility index (Phi) is 5.66. The largest absolute Gasteiger partial charge is 0.481 e. The van der Waals surface area contributed by atoms with Gasteiger partial charge in [0.2, 0.25) is 0 Å². The van der Waals surface area contributed by atoms with Crippen molar-refractivity contribution in [2.45, 2.75) is 32.9 Å². The lowest BCUT2D eigenvalue weighted by atomic mass is 10.1. The highest BCUT2D eigenvalue weighted by molar-refractivity contribution is 7.99. The molecule has 0 aliphatic carbocycles. The van der Waals surface area contributed by atoms with Crippen molar-refractivity contribution in [1.82, 2.24) is 14.7 Å². The summed E-state index contributed by atoms with van der Waals surface area (Å²) in [4.78, 5) is 25.6. The fourth-order valence-corrected chi connectivity index (χ4v) is 4.28. The van der Waals surface area contributed by atoms with Crippen LogP contribution in [0.5, 0.6) is 0 Å². The molecule has 0 bridgehead atoms. The Hall–Kier alpha value is -2.28. The standard InChI is InChI=1S/C19H23N3O3S/c1-13-9-14(2)22(20-13)11-15-3-5-16(6-4-15)19(25)21-7-8-26-12-17(21)10-18(23)24/h3-6,9,17H,7-8,10-12H2,1-2H3,(H,23,24). The Bertz CT molecular complexity index is 801. The third-order valence-electron chi connectivity index (χ3n) is 4.54. The van der Waals surface area contributed by atoms with Crippen molar-refractivity contribution in [3.05, 3.63) is 52.8 Å². The van der Waals surface area contributed by atoms with Gasteiger partial charge < -0.3 is 10.0 Å². The van der Waals surface area contributed by atoms with Crippen LogP contribution >= 0.6 is 11.8 Å². The number of aliphatic carboxylic acids is 1. The fourth-order valence-electron chi connectivity index (χ4n) is 3.22. The van der Waals surface area contributed by atoms with Crippen LogP contribution in [0.4, 0.5) is 0 Å². The minimum absolute atomic E-state index is 0.00521. The number of rotatable bonds is 5. The third-order valence-corrected chi connectivity index (χ3v) is 5.63. The predicted octanol–water partition coefficient (Wildman–Crippen LogP) is 2.58. The second-order valence-corrected chi connectivity index (χ2v) is 7.76. The van der Waals surface area contributed by atoms with Crippen LogP contribution in [-0.2, 0) is 11.3 Å². The molecule has 2 heterocycles. The van der Waals surface area contributed by atoms with E-state index in [9.17, 15) is 9.59 Å². The first-order valence-electron chi connectivity index (χ1n) is 8.64. The zero-order chi connectivity index (χ0) is 18.7. The van der Waals surface area contributed by atoms with Crippen LogP contribution in [0, 0.1) is 13.8 Å². The van der Waals surface area contributed by atoms with Gasteiger partial charge in [-0.2, -0.15) is 16.9 Å². The number of carbonyl (C=O) groups is 2. The van der Waals surface area contributed by atoms with Gasteiger partial charge in [0, 0.05) is 29.3 Å². The Morgan fingerprint density at radius 2 is 2.00 bits per heavy atom. The summed E-state index contributed by atoms with van der Waals surface area (Å²) < 4.78 is 1.94. The van der Waals surface area contributed by atoms with Crippen LogP contribution in [0.15, 0.2) is 30.3 Å². The molecule has 1 atom stereocenters. The molecule has 7 heteroatoms. The fraction of sp³-hybridized carbons (Fsp3) is 0.421. The van der Waals surface area contributed by atoms with E-state index in [4.69, 9.17) is 5.11 Å². The molecule has 1 unspecified atom stereocenters. The third kappa shape index (κ3) is 4.27. The average Bonchev–Trinajstić information content (AvgIpc) is 2.92. The summed E-state index contributed by atoms with van der Waals surface area (Å²) in [7, 11) is 0. The SMILES string of the molecule is Cc1cc(C)n(Cc2ccc(C(=O)N3CCSCC3CC(=O)O)cc2)n1. The van der Waals surface area contributed by atoms with Crippen molar-refractivity contribution in [2.75, 3.05) is 18.1 Å². The maximum absolute atomic E-state index is 12.8. The smallest absolute Gasteiger partial charge is 0.305 e. The molecule has 1 N–H and O–H groups in total. The summed E-state index contributed by atoms with van der Waals surface area (Å²) in [6, 6.07) is 9.32. The monoisotopic (exact) mass is 373 g/mol. The van der Waals surface area contributed by atoms with Crippen molar-refractivity contribution in [1.29, 1.82) is 0 Å². The summed E-state index contributed by atoms with van der Waals surface area (Å²) in [5, 5.41) is 13.5. The van der Waals surface area contributed by atoms with Gasteiger partial charge in [0.05, 0.1) is 24.7 Å². The van der Waals surface area contributed by atoms with E-state index in [1.165, 1.54) is 0 Å². The first kappa shape index (κ1) is 18.5. The van der Waals surface area contributed by atoms with Crippen molar-refractivity contribution >= 4 is 23.6 Å². The highest BCUT2D eigenvalue weighted by atomic mass is 32.2. The molecule has 0 radical (unpaired) electrons. The number of hydrogen-bond acceptors (Lipinski definition) is 4. The van der Waals surface area contributed by atoms with E-state index in [1.807, 2.05) is 48.9 Å². The van der Waals surface area contributed by atoms with Gasteiger partial charge in [-0.1, -0.05) is 12.1 Å². The molecule has 1 amide bonds. The van der Waals surface area contributed by atoms with Gasteiger partial charge >= 0.3 is 5.97 Å². The summed E-state index contributed by atoms with van der Waals surface area (Å²) >= 11 is 1.70. The number of carboxylic acids is 1. The zero-order valence-electron chi connectivity index (χ0n) is 15.0. The van der Waals surface area contributed by atoms with E-state index in [0.717, 1.165) is 22.7 Å². The number of benzene rings is 1. The number of carboxylic acid groups (broad SMARTS) is 1. The lowest BCUT2D eigenvalue weighted by molar-refractivity contribution is -0.138. The van der Waals surface area contributed by atoms with Crippen molar-refractivity contribution in [3.63, 3.8) is 0 Å². The van der Waals surface area contributed by atoms with E-state index in [0.29, 0.717) is 24.4 Å². The molecule has 0 spiro atoms. The Labute approximate surface area is 157 Å². The number of nitrogens with zero attached hydrogens (tertiary/aromatic N) is 3. The maximum Gasteiger partial charge on any atom is 0.305 e. The van der Waals surface area contributed by atoms with Crippen molar-refractivity contribution in [2.24, 2.45) is 0 Å². The van der Waals surface area contributed by atoms with Crippen LogP contribution in [0.3, 0.4) is 0 Å². The van der Waals surface area contributed by atoms with Gasteiger partial charge in [0.1, 0.15) is 0 Å². The number of aryl methyl sites for hydroxylation is 2. The molecule has 1 saturated heterocycles.